The quantitative estimate of drug-likeness (QED) is 0.133. The Labute approximate surface area is 242 Å². The summed E-state index contributed by atoms with van der Waals surface area (Å²) in [6.07, 6.45) is 4.60. The minimum Gasteiger partial charge on any atom is -0.399 e. The molecule has 0 aliphatic heterocycles. The summed E-state index contributed by atoms with van der Waals surface area (Å²) in [5.74, 6) is 0. The number of aryl methyl sites for hydroxylation is 3. The second-order valence-electron chi connectivity index (χ2n) is 9.56. The SMILES string of the molecule is Cc1ccc(C=Nc2cccc(N=Cc3ccc(C)cc3)c2)cc1.Cc1ccc(C=O)cc1.Nc1cccc(N)c1. The van der Waals surface area contributed by atoms with Gasteiger partial charge < -0.3 is 11.5 Å². The summed E-state index contributed by atoms with van der Waals surface area (Å²) in [6.45, 7) is 6.15. The lowest BCUT2D eigenvalue weighted by atomic mass is 10.2. The van der Waals surface area contributed by atoms with Crippen molar-refractivity contribution in [3.8, 4) is 0 Å². The third-order valence-electron chi connectivity index (χ3n) is 5.83. The van der Waals surface area contributed by atoms with Crippen molar-refractivity contribution in [1.82, 2.24) is 0 Å². The Hall–Kier alpha value is -5.29. The van der Waals surface area contributed by atoms with Crippen LogP contribution in [0.4, 0.5) is 22.7 Å². The molecule has 0 bridgehead atoms. The topological polar surface area (TPSA) is 93.8 Å². The van der Waals surface area contributed by atoms with Crippen LogP contribution in [0.1, 0.15) is 38.2 Å². The second kappa shape index (κ2) is 16.0. The normalized spacial score (nSPS) is 10.4. The third-order valence-corrected chi connectivity index (χ3v) is 5.83. The number of nitrogens with two attached hydrogens (primary N) is 2. The molecule has 0 radical (unpaired) electrons. The van der Waals surface area contributed by atoms with Crippen molar-refractivity contribution in [3.63, 3.8) is 0 Å². The minimum absolute atomic E-state index is 0.713. The molecule has 5 nitrogen and oxygen atoms in total. The van der Waals surface area contributed by atoms with Crippen LogP contribution in [0.15, 0.2) is 131 Å². The van der Waals surface area contributed by atoms with Gasteiger partial charge >= 0.3 is 0 Å². The maximum absolute atomic E-state index is 10.1. The Bertz CT molecular complexity index is 1480. The number of rotatable bonds is 5. The Balaban J connectivity index is 0.000000221. The van der Waals surface area contributed by atoms with Gasteiger partial charge in [-0.05, 0) is 68.3 Å². The molecule has 5 rings (SSSR count). The number of aliphatic imine (C=N–C) groups is 2. The number of nitrogens with zero attached hydrogens (tertiary/aromatic N) is 2. The minimum atomic E-state index is 0.713. The van der Waals surface area contributed by atoms with Crippen molar-refractivity contribution in [2.75, 3.05) is 11.5 Å². The average molecular weight is 541 g/mol. The van der Waals surface area contributed by atoms with Gasteiger partial charge in [-0.2, -0.15) is 0 Å². The van der Waals surface area contributed by atoms with E-state index < -0.39 is 0 Å². The number of anilines is 2. The van der Waals surface area contributed by atoms with E-state index in [1.807, 2.05) is 74.0 Å². The van der Waals surface area contributed by atoms with Crippen molar-refractivity contribution in [2.45, 2.75) is 20.8 Å². The molecule has 0 saturated heterocycles. The Morgan fingerprint density at radius 3 is 1.20 bits per heavy atom. The molecule has 0 aliphatic carbocycles. The highest BCUT2D eigenvalue weighted by atomic mass is 16.1. The first-order chi connectivity index (χ1) is 19.8. The Kier molecular flexibility index (Phi) is 11.8. The molecule has 0 spiro atoms. The highest BCUT2D eigenvalue weighted by molar-refractivity contribution is 5.84. The zero-order valence-corrected chi connectivity index (χ0v) is 23.7. The molecule has 5 heteroatoms. The van der Waals surface area contributed by atoms with Crippen molar-refractivity contribution in [1.29, 1.82) is 0 Å². The molecule has 0 unspecified atom stereocenters. The lowest BCUT2D eigenvalue weighted by Crippen LogP contribution is -1.87. The van der Waals surface area contributed by atoms with Gasteiger partial charge in [0.2, 0.25) is 0 Å². The highest BCUT2D eigenvalue weighted by Crippen LogP contribution is 2.20. The third kappa shape index (κ3) is 11.5. The maximum Gasteiger partial charge on any atom is 0.150 e. The van der Waals surface area contributed by atoms with E-state index in [1.54, 1.807) is 18.2 Å². The van der Waals surface area contributed by atoms with E-state index >= 15 is 0 Å². The summed E-state index contributed by atoms with van der Waals surface area (Å²) < 4.78 is 0. The van der Waals surface area contributed by atoms with Crippen LogP contribution >= 0.6 is 0 Å². The molecule has 41 heavy (non-hydrogen) atoms. The van der Waals surface area contributed by atoms with Crippen LogP contribution < -0.4 is 11.5 Å². The number of hydrogen-bond donors (Lipinski definition) is 2. The molecule has 206 valence electrons. The molecule has 0 aromatic heterocycles. The summed E-state index contributed by atoms with van der Waals surface area (Å²) in [5.41, 5.74) is 20.6. The predicted octanol–water partition coefficient (Wildman–Crippen LogP) is 8.46. The van der Waals surface area contributed by atoms with Crippen LogP contribution in [0.2, 0.25) is 0 Å². The highest BCUT2D eigenvalue weighted by Gasteiger charge is 1.94. The van der Waals surface area contributed by atoms with E-state index in [0.717, 1.165) is 34.4 Å². The van der Waals surface area contributed by atoms with Crippen LogP contribution in [-0.2, 0) is 0 Å². The second-order valence-corrected chi connectivity index (χ2v) is 9.56. The fourth-order valence-electron chi connectivity index (χ4n) is 3.46. The molecule has 0 amide bonds. The zero-order chi connectivity index (χ0) is 29.5. The van der Waals surface area contributed by atoms with E-state index in [4.69, 9.17) is 11.5 Å². The number of nitrogen functional groups attached to an aromatic ring is 2. The largest absolute Gasteiger partial charge is 0.399 e. The number of hydrogen-bond acceptors (Lipinski definition) is 5. The first kappa shape index (κ1) is 30.3. The Morgan fingerprint density at radius 1 is 0.488 bits per heavy atom. The number of aldehydes is 1. The molecule has 5 aromatic rings. The van der Waals surface area contributed by atoms with Gasteiger partial charge in [0.1, 0.15) is 6.29 Å². The molecule has 0 heterocycles. The molecule has 0 atom stereocenters. The molecule has 0 saturated carbocycles. The van der Waals surface area contributed by atoms with E-state index in [1.165, 1.54) is 16.7 Å². The first-order valence-corrected chi connectivity index (χ1v) is 13.2. The average Bonchev–Trinajstić information content (AvgIpc) is 2.98. The summed E-state index contributed by atoms with van der Waals surface area (Å²) in [6, 6.07) is 39.1. The monoisotopic (exact) mass is 540 g/mol. The summed E-state index contributed by atoms with van der Waals surface area (Å²) in [7, 11) is 0. The molecular formula is C36H36N4O. The predicted molar refractivity (Wildman–Crippen MR) is 175 cm³/mol. The summed E-state index contributed by atoms with van der Waals surface area (Å²) in [4.78, 5) is 19.2. The molecular weight excluding hydrogens is 504 g/mol. The van der Waals surface area contributed by atoms with Crippen molar-refractivity contribution in [2.24, 2.45) is 9.98 Å². The summed E-state index contributed by atoms with van der Waals surface area (Å²) in [5, 5.41) is 0. The van der Waals surface area contributed by atoms with Crippen LogP contribution in [-0.4, -0.2) is 18.7 Å². The maximum atomic E-state index is 10.1. The zero-order valence-electron chi connectivity index (χ0n) is 23.7. The number of benzene rings is 5. The number of carbonyl (C=O) groups is 1. The standard InChI is InChI=1S/C22H20N2.C8H8O.C6H8N2/c1-17-6-10-19(11-7-17)15-23-21-4-3-5-22(14-21)24-16-20-12-8-18(2)9-13-20;1-7-2-4-8(6-9)5-3-7;7-5-2-1-3-6(8)4-5/h3-16H,1-2H3;2-6H,1H3;1-4H,7-8H2. The van der Waals surface area contributed by atoms with Gasteiger partial charge in [0.25, 0.3) is 0 Å². The van der Waals surface area contributed by atoms with Crippen molar-refractivity contribution >= 4 is 41.5 Å². The van der Waals surface area contributed by atoms with Gasteiger partial charge in [-0.1, -0.05) is 102 Å². The lowest BCUT2D eigenvalue weighted by molar-refractivity contribution is 0.112. The van der Waals surface area contributed by atoms with E-state index in [-0.39, 0.29) is 0 Å². The lowest BCUT2D eigenvalue weighted by Gasteiger charge is -1.98. The first-order valence-electron chi connectivity index (χ1n) is 13.2. The van der Waals surface area contributed by atoms with Gasteiger partial charge in [0.15, 0.2) is 0 Å². The van der Waals surface area contributed by atoms with Gasteiger partial charge in [0, 0.05) is 29.4 Å². The fourth-order valence-corrected chi connectivity index (χ4v) is 3.46. The van der Waals surface area contributed by atoms with Crippen LogP contribution in [0.5, 0.6) is 0 Å². The molecule has 0 fully saturated rings. The van der Waals surface area contributed by atoms with E-state index in [0.29, 0.717) is 11.4 Å². The summed E-state index contributed by atoms with van der Waals surface area (Å²) >= 11 is 0. The fraction of sp³-hybridized carbons (Fsp3) is 0.0833. The van der Waals surface area contributed by atoms with E-state index in [2.05, 4.69) is 72.4 Å². The van der Waals surface area contributed by atoms with Crippen molar-refractivity contribution in [3.05, 3.63) is 155 Å². The number of carbonyl (C=O) groups excluding carboxylic acids is 1. The van der Waals surface area contributed by atoms with Crippen molar-refractivity contribution < 1.29 is 4.79 Å². The molecule has 5 aromatic carbocycles. The van der Waals surface area contributed by atoms with Crippen LogP contribution in [0.25, 0.3) is 0 Å². The molecule has 0 aliphatic rings. The van der Waals surface area contributed by atoms with Crippen LogP contribution in [0.3, 0.4) is 0 Å². The van der Waals surface area contributed by atoms with Crippen LogP contribution in [0, 0.1) is 20.8 Å². The van der Waals surface area contributed by atoms with Gasteiger partial charge in [0.05, 0.1) is 11.4 Å². The smallest absolute Gasteiger partial charge is 0.150 e. The van der Waals surface area contributed by atoms with Gasteiger partial charge in [-0.3, -0.25) is 14.8 Å². The van der Waals surface area contributed by atoms with Gasteiger partial charge in [-0.25, -0.2) is 0 Å². The van der Waals surface area contributed by atoms with Gasteiger partial charge in [-0.15, -0.1) is 0 Å². The van der Waals surface area contributed by atoms with E-state index in [9.17, 15) is 4.79 Å². The molecule has 4 N–H and O–H groups in total. The Morgan fingerprint density at radius 2 is 0.854 bits per heavy atom.